The average molecular weight is 1000 g/mol. The third kappa shape index (κ3) is 15.0. The van der Waals surface area contributed by atoms with E-state index >= 15 is 0 Å². The number of esters is 1. The van der Waals surface area contributed by atoms with Crippen LogP contribution in [0.4, 0.5) is 0 Å². The van der Waals surface area contributed by atoms with Gasteiger partial charge < -0.3 is 60.6 Å². The summed E-state index contributed by atoms with van der Waals surface area (Å²) in [6.45, 7) is 7.75. The smallest absolute Gasteiger partial charge is 0.329 e. The molecule has 0 spiro atoms. The van der Waals surface area contributed by atoms with Crippen molar-refractivity contribution in [2.24, 2.45) is 11.8 Å². The molecule has 70 heavy (non-hydrogen) atoms. The molecule has 0 saturated carbocycles. The molecule has 9 atom stereocenters. The van der Waals surface area contributed by atoms with Crippen LogP contribution in [0.3, 0.4) is 0 Å². The van der Waals surface area contributed by atoms with E-state index in [0.717, 1.165) is 16.9 Å². The monoisotopic (exact) mass is 1000 g/mol. The van der Waals surface area contributed by atoms with Gasteiger partial charge in [-0.25, -0.2) is 13.2 Å². The van der Waals surface area contributed by atoms with Crippen LogP contribution in [-0.4, -0.2) is 156 Å². The molecule has 384 valence electrons. The zero-order valence-electron chi connectivity index (χ0n) is 40.1. The first-order valence-corrected chi connectivity index (χ1v) is 23.8. The van der Waals surface area contributed by atoms with Crippen LogP contribution < -0.4 is 26.6 Å². The third-order valence-corrected chi connectivity index (χ3v) is 12.2. The highest BCUT2D eigenvalue weighted by molar-refractivity contribution is 7.80. The topological polar surface area (TPSA) is 329 Å². The number of benzene rings is 2. The molecular formula is C46H62N7O16S-. The molecule has 2 saturated heterocycles. The molecule has 2 aliphatic heterocycles. The number of carbonyl (C=O) groups is 8. The molecule has 0 unspecified atom stereocenters. The summed E-state index contributed by atoms with van der Waals surface area (Å²) in [7, 11) is -2.90. The van der Waals surface area contributed by atoms with E-state index in [1.807, 2.05) is 0 Å². The number of cyclic esters (lactones) is 1. The minimum atomic E-state index is -5.24. The van der Waals surface area contributed by atoms with E-state index in [9.17, 15) is 61.5 Å². The van der Waals surface area contributed by atoms with Gasteiger partial charge in [0.2, 0.25) is 34.0 Å². The number of amides is 7. The number of hydrogen-bond donors (Lipinski definition) is 7. The number of ether oxygens (including phenoxy) is 2. The van der Waals surface area contributed by atoms with Crippen molar-refractivity contribution in [1.29, 1.82) is 0 Å². The molecule has 2 aromatic carbocycles. The standard InChI is InChI=1S/C46H63N7O16S/c1-9-30-39(56)48-31-19-20-35(55)53(44(31)61)33(22-27-13-11-10-12-14-27)45(62)52(7)32(21-28-15-17-29(54)18-16-28)40(57)50-37(25(4)5)46(63)69-26(6)38(43(60)47-30)51-42(59)36(24(2)3)49-41(58)34(67-8)23-68-70(64,65)66/h9-18,24-26,31-38,54-55H,19-23H2,1-8H3,(H,47,60)(H,48,56)(H,49,58)(H,50,57)(H,51,59)(H,64,65,66)/p-1/b30-9-/t26-,31+,32+,33+,34-,35-,36+,37+,38+/m1/s1. The van der Waals surface area contributed by atoms with Gasteiger partial charge in [0.1, 0.15) is 66.6 Å². The highest BCUT2D eigenvalue weighted by atomic mass is 32.3. The largest absolute Gasteiger partial charge is 0.726 e. The molecule has 2 fully saturated rings. The van der Waals surface area contributed by atoms with Crippen molar-refractivity contribution in [2.75, 3.05) is 20.8 Å². The number of aliphatic hydroxyl groups excluding tert-OH is 1. The van der Waals surface area contributed by atoms with Gasteiger partial charge in [-0.15, -0.1) is 0 Å². The van der Waals surface area contributed by atoms with E-state index in [1.54, 1.807) is 44.2 Å². The molecule has 2 aliphatic rings. The Hall–Kier alpha value is -6.47. The van der Waals surface area contributed by atoms with Gasteiger partial charge in [-0.05, 0) is 61.8 Å². The predicted octanol–water partition coefficient (Wildman–Crippen LogP) is -0.978. The minimum absolute atomic E-state index is 0.0761. The number of hydrogen-bond acceptors (Lipinski definition) is 16. The summed E-state index contributed by atoms with van der Waals surface area (Å²) in [6, 6.07) is 5.34. The molecule has 2 bridgehead atoms. The second-order valence-corrected chi connectivity index (χ2v) is 18.6. The van der Waals surface area contributed by atoms with Crippen LogP contribution in [-0.2, 0) is 75.3 Å². The molecule has 7 N–H and O–H groups in total. The molecule has 2 aromatic rings. The third-order valence-electron chi connectivity index (χ3n) is 11.8. The molecule has 0 radical (unpaired) electrons. The Morgan fingerprint density at radius 2 is 1.51 bits per heavy atom. The lowest BCUT2D eigenvalue weighted by Gasteiger charge is -2.43. The SMILES string of the molecule is C/C=C1\NC(=O)[C@@H](NC(=O)[C@@H](NC(=O)[C@@H](COS(=O)(=O)[O-])OC)C(C)C)[C@@H](C)OC(=O)[C@H](C(C)C)NC(=O)[C@H](Cc2ccc(O)cc2)N(C)C(=O)[C@H](Cc2ccccc2)N2C(=O)[C@H](CC[C@H]2O)NC1=O. The van der Waals surface area contributed by atoms with Gasteiger partial charge in [-0.3, -0.25) is 37.7 Å². The van der Waals surface area contributed by atoms with Gasteiger partial charge in [0.25, 0.3) is 17.7 Å². The summed E-state index contributed by atoms with van der Waals surface area (Å²) in [6.07, 6.45) is -4.17. The lowest BCUT2D eigenvalue weighted by molar-refractivity contribution is -0.165. The van der Waals surface area contributed by atoms with Gasteiger partial charge in [-0.2, -0.15) is 0 Å². The molecule has 23 nitrogen and oxygen atoms in total. The number of fused-ring (bicyclic) bond motifs is 2. The van der Waals surface area contributed by atoms with E-state index < -0.39 is 137 Å². The number of piperidine rings is 1. The number of methoxy groups -OCH3 is 1. The Labute approximate surface area is 406 Å². The van der Waals surface area contributed by atoms with Crippen molar-refractivity contribution in [2.45, 2.75) is 122 Å². The zero-order valence-corrected chi connectivity index (χ0v) is 40.9. The lowest BCUT2D eigenvalue weighted by atomic mass is 9.95. The number of nitrogens with one attached hydrogen (secondary N) is 5. The number of rotatable bonds is 14. The maximum Gasteiger partial charge on any atom is 0.329 e. The van der Waals surface area contributed by atoms with Gasteiger partial charge in [0, 0.05) is 27.0 Å². The number of nitrogens with zero attached hydrogens (tertiary/aromatic N) is 2. The van der Waals surface area contributed by atoms with Crippen LogP contribution in [0.5, 0.6) is 5.75 Å². The highest BCUT2D eigenvalue weighted by Crippen LogP contribution is 2.26. The van der Waals surface area contributed by atoms with E-state index in [2.05, 4.69) is 30.8 Å². The molecular weight excluding hydrogens is 939 g/mol. The summed E-state index contributed by atoms with van der Waals surface area (Å²) in [5.41, 5.74) is 0.628. The summed E-state index contributed by atoms with van der Waals surface area (Å²) >= 11 is 0. The maximum absolute atomic E-state index is 15.0. The Kier molecular flexibility index (Phi) is 20.0. The molecule has 24 heteroatoms. The first-order chi connectivity index (χ1) is 32.9. The van der Waals surface area contributed by atoms with Crippen LogP contribution in [0.25, 0.3) is 0 Å². The quantitative estimate of drug-likeness (QED) is 0.0518. The summed E-state index contributed by atoms with van der Waals surface area (Å²) in [4.78, 5) is 116. The number of likely N-dealkylation sites (N-methyl/N-ethyl adjacent to an activating group) is 1. The van der Waals surface area contributed by atoms with Crippen molar-refractivity contribution < 1.29 is 75.2 Å². The Morgan fingerprint density at radius 3 is 2.09 bits per heavy atom. The fourth-order valence-corrected chi connectivity index (χ4v) is 8.08. The van der Waals surface area contributed by atoms with Gasteiger partial charge in [-0.1, -0.05) is 76.2 Å². The average Bonchev–Trinajstić information content (AvgIpc) is 3.30. The molecule has 7 amide bonds. The number of aliphatic hydroxyl groups is 1. The minimum Gasteiger partial charge on any atom is -0.726 e. The van der Waals surface area contributed by atoms with Crippen molar-refractivity contribution in [3.05, 3.63) is 77.5 Å². The van der Waals surface area contributed by atoms with Gasteiger partial charge in [0.15, 0.2) is 6.10 Å². The molecule has 2 heterocycles. The lowest BCUT2D eigenvalue weighted by Crippen LogP contribution is -2.64. The Balaban J connectivity index is 1.82. The zero-order chi connectivity index (χ0) is 52.2. The van der Waals surface area contributed by atoms with Crippen LogP contribution in [0.1, 0.15) is 65.5 Å². The van der Waals surface area contributed by atoms with Gasteiger partial charge in [0.05, 0.1) is 0 Å². The second-order valence-electron chi connectivity index (χ2n) is 17.6. The van der Waals surface area contributed by atoms with Crippen LogP contribution in [0.2, 0.25) is 0 Å². The van der Waals surface area contributed by atoms with Gasteiger partial charge >= 0.3 is 5.97 Å². The highest BCUT2D eigenvalue weighted by Gasteiger charge is 2.45. The van der Waals surface area contributed by atoms with Crippen LogP contribution in [0.15, 0.2) is 66.4 Å². The summed E-state index contributed by atoms with van der Waals surface area (Å²) < 4.78 is 48.1. The normalized spacial score (nSPS) is 24.9. The van der Waals surface area contributed by atoms with E-state index in [4.69, 9.17) is 9.47 Å². The number of phenols is 1. The number of allylic oxidation sites excluding steroid dienone is 1. The van der Waals surface area contributed by atoms with Crippen LogP contribution >= 0.6 is 0 Å². The summed E-state index contributed by atoms with van der Waals surface area (Å²) in [5.74, 6) is -9.38. The second kappa shape index (κ2) is 24.9. The molecule has 0 aromatic heterocycles. The van der Waals surface area contributed by atoms with Crippen LogP contribution in [0, 0.1) is 11.8 Å². The predicted molar refractivity (Wildman–Crippen MR) is 246 cm³/mol. The Morgan fingerprint density at radius 1 is 0.900 bits per heavy atom. The van der Waals surface area contributed by atoms with Crippen molar-refractivity contribution in [3.63, 3.8) is 0 Å². The van der Waals surface area contributed by atoms with E-state index in [0.29, 0.717) is 11.1 Å². The number of phenolic OH excluding ortho intramolecular Hbond substituents is 1. The van der Waals surface area contributed by atoms with E-state index in [1.165, 1.54) is 65.1 Å². The number of carbonyl (C=O) groups excluding carboxylic acids is 8. The molecule has 4 rings (SSSR count). The van der Waals surface area contributed by atoms with Crippen molar-refractivity contribution >= 4 is 57.7 Å². The molecule has 0 aliphatic carbocycles. The first kappa shape index (κ1) is 56.1. The van der Waals surface area contributed by atoms with E-state index in [-0.39, 0.29) is 31.4 Å². The Bertz CT molecular complexity index is 2370. The fraction of sp³-hybridized carbons (Fsp3) is 0.522. The fourth-order valence-electron chi connectivity index (χ4n) is 7.79. The van der Waals surface area contributed by atoms with Crippen molar-refractivity contribution in [1.82, 2.24) is 36.4 Å². The number of aromatic hydroxyl groups is 1. The first-order valence-electron chi connectivity index (χ1n) is 22.5. The maximum atomic E-state index is 15.0. The summed E-state index contributed by atoms with van der Waals surface area (Å²) in [5, 5.41) is 33.9. The van der Waals surface area contributed by atoms with Crippen molar-refractivity contribution in [3.8, 4) is 5.75 Å².